The van der Waals surface area contributed by atoms with Crippen LogP contribution in [-0.2, 0) is 0 Å². The quantitative estimate of drug-likeness (QED) is 0.651. The van der Waals surface area contributed by atoms with E-state index in [9.17, 15) is 4.39 Å². The Morgan fingerprint density at radius 1 is 1.55 bits per heavy atom. The van der Waals surface area contributed by atoms with E-state index in [1.54, 1.807) is 19.1 Å². The molecule has 0 fully saturated rings. The number of hydrogen-bond acceptors (Lipinski definition) is 1. The van der Waals surface area contributed by atoms with Crippen molar-refractivity contribution in [3.63, 3.8) is 0 Å². The lowest BCUT2D eigenvalue weighted by molar-refractivity contribution is 0.615. The highest BCUT2D eigenvalue weighted by Gasteiger charge is 2.06. The van der Waals surface area contributed by atoms with Gasteiger partial charge in [-0.05, 0) is 34.5 Å². The van der Waals surface area contributed by atoms with Gasteiger partial charge in [-0.1, -0.05) is 6.07 Å². The Hall–Kier alpha value is -0.880. The Kier molecular flexibility index (Phi) is 2.25. The van der Waals surface area contributed by atoms with Crippen molar-refractivity contribution in [2.75, 3.05) is 0 Å². The number of hydrogen-bond donors (Lipinski definition) is 0. The van der Waals surface area contributed by atoms with Gasteiger partial charge in [0.15, 0.2) is 5.82 Å². The summed E-state index contributed by atoms with van der Waals surface area (Å²) in [6.45, 7) is 1.77. The molecule has 0 aliphatic carbocycles. The third-order valence-corrected chi connectivity index (χ3v) is 2.37. The van der Waals surface area contributed by atoms with Gasteiger partial charge in [0.05, 0.1) is 10.0 Å². The van der Waals surface area contributed by atoms with Crippen LogP contribution < -0.4 is 0 Å². The lowest BCUT2D eigenvalue weighted by Gasteiger charge is -1.99. The van der Waals surface area contributed by atoms with E-state index < -0.39 is 5.82 Å². The summed E-state index contributed by atoms with van der Waals surface area (Å²) in [5.41, 5.74) is 0.865. The van der Waals surface area contributed by atoms with Crippen molar-refractivity contribution in [3.05, 3.63) is 33.5 Å². The smallest absolute Gasteiger partial charge is 0.155 e. The Balaban J connectivity index is 3.40. The molecule has 0 saturated carbocycles. The first-order chi connectivity index (χ1) is 5.16. The van der Waals surface area contributed by atoms with Crippen LogP contribution in [0.2, 0.25) is 0 Å². The van der Waals surface area contributed by atoms with E-state index in [1.807, 2.05) is 0 Å². The van der Waals surface area contributed by atoms with Gasteiger partial charge >= 0.3 is 0 Å². The summed E-state index contributed by atoms with van der Waals surface area (Å²) in [5.74, 6) is -0.479. The summed E-state index contributed by atoms with van der Waals surface area (Å²) in [5, 5.41) is 8.42. The average molecular weight is 214 g/mol. The van der Waals surface area contributed by atoms with Gasteiger partial charge in [-0.3, -0.25) is 0 Å². The van der Waals surface area contributed by atoms with Crippen molar-refractivity contribution in [3.8, 4) is 6.07 Å². The third-order valence-electron chi connectivity index (χ3n) is 1.40. The number of nitrogens with zero attached hydrogens (tertiary/aromatic N) is 1. The third kappa shape index (κ3) is 1.41. The van der Waals surface area contributed by atoms with Crippen LogP contribution in [0.4, 0.5) is 4.39 Å². The molecule has 0 aliphatic heterocycles. The largest absolute Gasteiger partial charge is 0.204 e. The molecule has 0 radical (unpaired) electrons. The maximum atomic E-state index is 13.0. The monoisotopic (exact) mass is 213 g/mol. The van der Waals surface area contributed by atoms with Crippen molar-refractivity contribution in [1.29, 1.82) is 5.26 Å². The molecule has 56 valence electrons. The zero-order chi connectivity index (χ0) is 8.43. The Bertz CT molecular complexity index is 328. The van der Waals surface area contributed by atoms with Crippen LogP contribution in [0.15, 0.2) is 16.6 Å². The van der Waals surface area contributed by atoms with E-state index in [4.69, 9.17) is 5.26 Å². The summed E-state index contributed by atoms with van der Waals surface area (Å²) in [6, 6.07) is 4.93. The molecule has 1 aromatic carbocycles. The molecule has 3 heteroatoms. The number of aryl methyl sites for hydroxylation is 1. The molecule has 0 aliphatic rings. The maximum Gasteiger partial charge on any atom is 0.155 e. The van der Waals surface area contributed by atoms with Gasteiger partial charge in [-0.15, -0.1) is 0 Å². The molecule has 0 unspecified atom stereocenters. The molecule has 0 bridgehead atoms. The zero-order valence-electron chi connectivity index (χ0n) is 5.86. The molecular formula is C8H5BrFN. The fourth-order valence-corrected chi connectivity index (χ4v) is 1.08. The van der Waals surface area contributed by atoms with Gasteiger partial charge in [0.1, 0.15) is 6.07 Å². The second-order valence-electron chi connectivity index (χ2n) is 2.17. The van der Waals surface area contributed by atoms with Gasteiger partial charge in [-0.2, -0.15) is 5.26 Å². The van der Waals surface area contributed by atoms with Crippen LogP contribution in [0.1, 0.15) is 11.1 Å². The Labute approximate surface area is 72.6 Å². The second-order valence-corrected chi connectivity index (χ2v) is 2.96. The first-order valence-electron chi connectivity index (χ1n) is 3.01. The molecule has 0 saturated heterocycles. The number of rotatable bonds is 0. The minimum Gasteiger partial charge on any atom is -0.204 e. The van der Waals surface area contributed by atoms with Crippen molar-refractivity contribution < 1.29 is 4.39 Å². The van der Waals surface area contributed by atoms with Gasteiger partial charge in [0.25, 0.3) is 0 Å². The molecule has 0 heterocycles. The normalized spacial score (nSPS) is 9.27. The lowest BCUT2D eigenvalue weighted by atomic mass is 10.1. The van der Waals surface area contributed by atoms with E-state index in [2.05, 4.69) is 15.9 Å². The van der Waals surface area contributed by atoms with Crippen molar-refractivity contribution in [2.24, 2.45) is 0 Å². The van der Waals surface area contributed by atoms with E-state index >= 15 is 0 Å². The predicted octanol–water partition coefficient (Wildman–Crippen LogP) is 2.77. The zero-order valence-corrected chi connectivity index (χ0v) is 7.44. The Morgan fingerprint density at radius 2 is 2.18 bits per heavy atom. The minimum absolute atomic E-state index is 0.0717. The average Bonchev–Trinajstić information content (AvgIpc) is 2.01. The number of benzene rings is 1. The highest BCUT2D eigenvalue weighted by molar-refractivity contribution is 9.10. The van der Waals surface area contributed by atoms with Gasteiger partial charge < -0.3 is 0 Å². The van der Waals surface area contributed by atoms with Crippen molar-refractivity contribution in [1.82, 2.24) is 0 Å². The van der Waals surface area contributed by atoms with Gasteiger partial charge in [0.2, 0.25) is 0 Å². The van der Waals surface area contributed by atoms with Crippen LogP contribution in [0.5, 0.6) is 0 Å². The van der Waals surface area contributed by atoms with Crippen LogP contribution in [0.25, 0.3) is 0 Å². The molecule has 0 amide bonds. The summed E-state index contributed by atoms with van der Waals surface area (Å²) >= 11 is 3.04. The second kappa shape index (κ2) is 3.02. The standard InChI is InChI=1S/C8H5BrFN/c1-5-2-3-6(4-11)8(10)7(5)9/h2-3H,1H3. The predicted molar refractivity (Wildman–Crippen MR) is 43.6 cm³/mol. The first kappa shape index (κ1) is 8.22. The molecular weight excluding hydrogens is 209 g/mol. The fourth-order valence-electron chi connectivity index (χ4n) is 0.732. The molecule has 0 N–H and O–H groups in total. The van der Waals surface area contributed by atoms with Gasteiger partial charge in [0, 0.05) is 0 Å². The summed E-state index contributed by atoms with van der Waals surface area (Å²) in [7, 11) is 0. The Morgan fingerprint density at radius 3 is 2.73 bits per heavy atom. The number of nitriles is 1. The first-order valence-corrected chi connectivity index (χ1v) is 3.81. The van der Waals surface area contributed by atoms with Gasteiger partial charge in [-0.25, -0.2) is 4.39 Å². The molecule has 0 spiro atoms. The SMILES string of the molecule is Cc1ccc(C#N)c(F)c1Br. The fraction of sp³-hybridized carbons (Fsp3) is 0.125. The van der Waals surface area contributed by atoms with Crippen LogP contribution in [0, 0.1) is 24.1 Å². The topological polar surface area (TPSA) is 23.8 Å². The molecule has 0 aromatic heterocycles. The van der Waals surface area contributed by atoms with E-state index in [-0.39, 0.29) is 5.56 Å². The van der Waals surface area contributed by atoms with Crippen molar-refractivity contribution >= 4 is 15.9 Å². The molecule has 11 heavy (non-hydrogen) atoms. The minimum atomic E-state index is -0.479. The molecule has 1 aromatic rings. The van der Waals surface area contributed by atoms with E-state index in [1.165, 1.54) is 6.07 Å². The maximum absolute atomic E-state index is 13.0. The highest BCUT2D eigenvalue weighted by atomic mass is 79.9. The molecule has 1 rings (SSSR count). The lowest BCUT2D eigenvalue weighted by Crippen LogP contribution is -1.87. The molecule has 1 nitrogen and oxygen atoms in total. The van der Waals surface area contributed by atoms with Crippen LogP contribution in [0.3, 0.4) is 0 Å². The summed E-state index contributed by atoms with van der Waals surface area (Å²) in [6.07, 6.45) is 0. The van der Waals surface area contributed by atoms with Crippen molar-refractivity contribution in [2.45, 2.75) is 6.92 Å². The summed E-state index contributed by atoms with van der Waals surface area (Å²) < 4.78 is 13.4. The van der Waals surface area contributed by atoms with Crippen LogP contribution >= 0.6 is 15.9 Å². The van der Waals surface area contributed by atoms with Crippen LogP contribution in [-0.4, -0.2) is 0 Å². The van der Waals surface area contributed by atoms with E-state index in [0.29, 0.717) is 4.47 Å². The molecule has 0 atom stereocenters. The highest BCUT2D eigenvalue weighted by Crippen LogP contribution is 2.22. The number of halogens is 2. The van der Waals surface area contributed by atoms with E-state index in [0.717, 1.165) is 5.56 Å². The summed E-state index contributed by atoms with van der Waals surface area (Å²) in [4.78, 5) is 0.